The van der Waals surface area contributed by atoms with Crippen molar-refractivity contribution in [3.05, 3.63) is 77.4 Å². The van der Waals surface area contributed by atoms with Gasteiger partial charge in [0.25, 0.3) is 0 Å². The molecule has 1 heterocycles. The average molecular weight is 538 g/mol. The molecule has 0 bridgehead atoms. The molecule has 11 heteroatoms. The molecule has 192 valence electrons. The number of hydrogen-bond donors (Lipinski definition) is 1. The molecule has 2 unspecified atom stereocenters. The first kappa shape index (κ1) is 27.5. The summed E-state index contributed by atoms with van der Waals surface area (Å²) < 4.78 is 61.1. The Morgan fingerprint density at radius 2 is 1.92 bits per heavy atom. The van der Waals surface area contributed by atoms with Crippen LogP contribution in [-0.4, -0.2) is 31.2 Å². The molecule has 0 spiro atoms. The van der Waals surface area contributed by atoms with E-state index in [2.05, 4.69) is 11.7 Å². The SMILES string of the molecule is C=CCOC(=O)c1cc2c(F)c(C(F)P(=O)(N[C@@H](C)C(=O)OCCC)Oc3ccccc3)ccc2s1. The van der Waals surface area contributed by atoms with Crippen molar-refractivity contribution in [2.75, 3.05) is 13.2 Å². The Labute approximate surface area is 211 Å². The van der Waals surface area contributed by atoms with Crippen molar-refractivity contribution in [2.24, 2.45) is 0 Å². The zero-order chi connectivity index (χ0) is 26.3. The maximum Gasteiger partial charge on any atom is 0.355 e. The number of halogens is 2. The van der Waals surface area contributed by atoms with Gasteiger partial charge in [-0.2, -0.15) is 0 Å². The zero-order valence-electron chi connectivity index (χ0n) is 19.7. The van der Waals surface area contributed by atoms with Crippen LogP contribution in [0.3, 0.4) is 0 Å². The molecule has 0 radical (unpaired) electrons. The maximum absolute atomic E-state index is 15.9. The van der Waals surface area contributed by atoms with Gasteiger partial charge >= 0.3 is 19.5 Å². The van der Waals surface area contributed by atoms with Crippen molar-refractivity contribution < 1.29 is 36.9 Å². The van der Waals surface area contributed by atoms with Gasteiger partial charge in [-0.25, -0.2) is 18.7 Å². The summed E-state index contributed by atoms with van der Waals surface area (Å²) in [4.78, 5) is 24.5. The first-order valence-electron chi connectivity index (χ1n) is 11.1. The summed E-state index contributed by atoms with van der Waals surface area (Å²) in [6.45, 7) is 6.74. The van der Waals surface area contributed by atoms with Gasteiger partial charge in [-0.15, -0.1) is 11.3 Å². The van der Waals surface area contributed by atoms with E-state index in [0.717, 1.165) is 17.4 Å². The number of benzene rings is 2. The summed E-state index contributed by atoms with van der Waals surface area (Å²) in [5, 5.41) is 2.37. The highest BCUT2D eigenvalue weighted by atomic mass is 32.1. The molecule has 3 aromatic rings. The standard InChI is InChI=1S/C25H26F2NO6PS/c1-4-13-32-24(29)16(3)28-35(31,34-17-9-7-6-8-10-17)23(27)18-11-12-20-19(22(18)26)15-21(36-20)25(30)33-14-5-2/h5-12,15-16,23H,2,4,13-14H2,1,3H3,(H,28,31)/t16-,23?,35?/m0/s1. The fraction of sp³-hybridized carbons (Fsp3) is 0.280. The highest BCUT2D eigenvalue weighted by Gasteiger charge is 2.42. The fourth-order valence-corrected chi connectivity index (χ4v) is 6.07. The van der Waals surface area contributed by atoms with Crippen LogP contribution in [0.4, 0.5) is 8.78 Å². The van der Waals surface area contributed by atoms with Gasteiger partial charge in [-0.3, -0.25) is 9.36 Å². The third-order valence-electron chi connectivity index (χ3n) is 4.91. The zero-order valence-corrected chi connectivity index (χ0v) is 21.5. The van der Waals surface area contributed by atoms with E-state index in [1.54, 1.807) is 25.1 Å². The molecule has 0 saturated carbocycles. The number of para-hydroxylation sites is 1. The predicted molar refractivity (Wildman–Crippen MR) is 135 cm³/mol. The normalized spacial score (nSPS) is 14.4. The summed E-state index contributed by atoms with van der Waals surface area (Å²) >= 11 is 0.974. The number of carbonyl (C=O) groups is 2. The van der Waals surface area contributed by atoms with Crippen LogP contribution in [0.25, 0.3) is 10.1 Å². The van der Waals surface area contributed by atoms with Crippen LogP contribution in [0.1, 0.15) is 41.4 Å². The third-order valence-corrected chi connectivity index (χ3v) is 8.10. The van der Waals surface area contributed by atoms with Gasteiger partial charge in [-0.05, 0) is 37.6 Å². The lowest BCUT2D eigenvalue weighted by atomic mass is 10.1. The van der Waals surface area contributed by atoms with E-state index in [0.29, 0.717) is 11.1 Å². The Bertz CT molecular complexity index is 1280. The van der Waals surface area contributed by atoms with E-state index < -0.39 is 42.8 Å². The molecule has 7 nitrogen and oxygen atoms in total. The molecule has 36 heavy (non-hydrogen) atoms. The van der Waals surface area contributed by atoms with Crippen molar-refractivity contribution >= 4 is 40.9 Å². The number of alkyl halides is 1. The lowest BCUT2D eigenvalue weighted by Gasteiger charge is -2.26. The number of esters is 2. The number of ether oxygens (including phenoxy) is 2. The lowest BCUT2D eigenvalue weighted by Crippen LogP contribution is -2.35. The molecule has 2 aromatic carbocycles. The molecule has 0 amide bonds. The van der Waals surface area contributed by atoms with Crippen LogP contribution in [0.2, 0.25) is 0 Å². The largest absolute Gasteiger partial charge is 0.465 e. The third kappa shape index (κ3) is 6.37. The Morgan fingerprint density at radius 3 is 2.58 bits per heavy atom. The topological polar surface area (TPSA) is 90.9 Å². The number of rotatable bonds is 12. The number of thiophene rings is 1. The first-order chi connectivity index (χ1) is 17.2. The highest BCUT2D eigenvalue weighted by Crippen LogP contribution is 2.58. The number of nitrogens with one attached hydrogen (secondary N) is 1. The quantitative estimate of drug-likeness (QED) is 0.159. The minimum absolute atomic E-state index is 0.0160. The van der Waals surface area contributed by atoms with E-state index >= 15 is 8.78 Å². The Balaban J connectivity index is 1.97. The Morgan fingerprint density at radius 1 is 1.19 bits per heavy atom. The maximum atomic E-state index is 15.9. The number of hydrogen-bond acceptors (Lipinski definition) is 7. The average Bonchev–Trinajstić information content (AvgIpc) is 3.31. The molecular weight excluding hydrogens is 511 g/mol. The van der Waals surface area contributed by atoms with Crippen LogP contribution < -0.4 is 9.61 Å². The molecule has 3 atom stereocenters. The van der Waals surface area contributed by atoms with E-state index in [-0.39, 0.29) is 29.2 Å². The van der Waals surface area contributed by atoms with Crippen LogP contribution in [0.15, 0.2) is 61.2 Å². The Kier molecular flexibility index (Phi) is 9.37. The highest BCUT2D eigenvalue weighted by molar-refractivity contribution is 7.57. The number of carbonyl (C=O) groups excluding carboxylic acids is 2. The molecular formula is C25H26F2NO6PS. The second-order valence-corrected chi connectivity index (χ2v) is 10.9. The summed E-state index contributed by atoms with van der Waals surface area (Å²) in [6.07, 6.45) is 1.96. The van der Waals surface area contributed by atoms with Crippen molar-refractivity contribution in [2.45, 2.75) is 32.2 Å². The van der Waals surface area contributed by atoms with E-state index in [4.69, 9.17) is 14.0 Å². The fourth-order valence-electron chi connectivity index (χ4n) is 3.19. The van der Waals surface area contributed by atoms with Crippen molar-refractivity contribution in [1.29, 1.82) is 0 Å². The smallest absolute Gasteiger partial charge is 0.355 e. The van der Waals surface area contributed by atoms with Gasteiger partial charge in [0.05, 0.1) is 6.61 Å². The predicted octanol–water partition coefficient (Wildman–Crippen LogP) is 6.55. The monoisotopic (exact) mass is 537 g/mol. The van der Waals surface area contributed by atoms with Crippen LogP contribution in [0, 0.1) is 5.82 Å². The van der Waals surface area contributed by atoms with Gasteiger partial charge in [0, 0.05) is 15.6 Å². The van der Waals surface area contributed by atoms with Gasteiger partial charge in [-0.1, -0.05) is 43.8 Å². The Hall–Kier alpha value is -3.07. The summed E-state index contributed by atoms with van der Waals surface area (Å²) in [7, 11) is -4.59. The van der Waals surface area contributed by atoms with E-state index in [1.165, 1.54) is 37.3 Å². The molecule has 0 fully saturated rings. The molecule has 0 saturated heterocycles. The second kappa shape index (κ2) is 12.3. The minimum Gasteiger partial charge on any atom is -0.465 e. The van der Waals surface area contributed by atoms with Crippen LogP contribution in [-0.2, 0) is 18.8 Å². The molecule has 0 aliphatic heterocycles. The van der Waals surface area contributed by atoms with E-state index in [1.807, 2.05) is 0 Å². The van der Waals surface area contributed by atoms with Crippen molar-refractivity contribution in [3.8, 4) is 5.75 Å². The first-order valence-corrected chi connectivity index (χ1v) is 13.6. The summed E-state index contributed by atoms with van der Waals surface area (Å²) in [5.41, 5.74) is -0.549. The van der Waals surface area contributed by atoms with Gasteiger partial charge in [0.2, 0.25) is 5.91 Å². The molecule has 0 aliphatic carbocycles. The van der Waals surface area contributed by atoms with E-state index in [9.17, 15) is 14.2 Å². The van der Waals surface area contributed by atoms with Crippen molar-refractivity contribution in [1.82, 2.24) is 5.09 Å². The molecule has 3 rings (SSSR count). The second-order valence-electron chi connectivity index (χ2n) is 7.73. The van der Waals surface area contributed by atoms with Gasteiger partial charge in [0.1, 0.15) is 29.1 Å². The van der Waals surface area contributed by atoms with Crippen LogP contribution in [0.5, 0.6) is 5.75 Å². The van der Waals surface area contributed by atoms with Crippen molar-refractivity contribution in [3.63, 3.8) is 0 Å². The summed E-state index contributed by atoms with van der Waals surface area (Å²) in [5.74, 6) is -4.85. The van der Waals surface area contributed by atoms with Gasteiger partial charge in [0.15, 0.2) is 0 Å². The molecule has 1 aromatic heterocycles. The lowest BCUT2D eigenvalue weighted by molar-refractivity contribution is -0.145. The van der Waals surface area contributed by atoms with Gasteiger partial charge < -0.3 is 14.0 Å². The summed E-state index contributed by atoms with van der Waals surface area (Å²) in [6, 6.07) is 10.4. The molecule has 1 N–H and O–H groups in total. The van der Waals surface area contributed by atoms with Crippen LogP contribution >= 0.6 is 18.9 Å². The minimum atomic E-state index is -4.59. The number of fused-ring (bicyclic) bond motifs is 1. The molecule has 0 aliphatic rings.